The SMILES string of the molecule is Bc1c(B)c(-c2noc(-c3c(B)c(B)c(OC(C)C)c(C#N)c3B)n2)c2c(c1B)[C@@H](NCC(B)(B)O)CC2(B)B. The van der Waals surface area contributed by atoms with Gasteiger partial charge in [-0.15, -0.1) is 5.46 Å². The first-order chi connectivity index (χ1) is 18.5. The Morgan fingerprint density at radius 3 is 2.25 bits per heavy atom. The minimum atomic E-state index is -0.808. The Kier molecular flexibility index (Phi) is 8.12. The summed E-state index contributed by atoms with van der Waals surface area (Å²) in [4.78, 5) is 4.98. The summed E-state index contributed by atoms with van der Waals surface area (Å²) < 4.78 is 12.0. The standard InChI is InChI=1S/C23H34B10N4O3/c1-6(2)39-19-7(4-34)13(24)11(16(27)18(19)29)21-36-20(37-40-21)10-12-9(14(25)17(28)15(10)26)8(3-22(12,30)31)35-5-23(32,33)38/h6,8,35,38H,3,5,24-33H2,1-2H3/t8-/m0/s1. The molecular formula is C23H34B10N4O3. The zero-order chi connectivity index (χ0) is 29.9. The Balaban J connectivity index is 1.91. The van der Waals surface area contributed by atoms with Crippen LogP contribution in [0.2, 0.25) is 0 Å². The molecule has 0 aliphatic heterocycles. The maximum absolute atomic E-state index is 10.4. The molecule has 17 heteroatoms. The van der Waals surface area contributed by atoms with E-state index in [0.717, 1.165) is 39.4 Å². The Morgan fingerprint density at radius 2 is 1.68 bits per heavy atom. The van der Waals surface area contributed by atoms with Crippen LogP contribution in [0, 0.1) is 11.3 Å². The zero-order valence-electron chi connectivity index (χ0n) is 26.2. The van der Waals surface area contributed by atoms with Gasteiger partial charge in [0.15, 0.2) is 0 Å². The lowest BCUT2D eigenvalue weighted by atomic mass is 9.49. The number of nitrogens with one attached hydrogen (secondary N) is 1. The molecule has 0 bridgehead atoms. The Bertz CT molecular complexity index is 1550. The molecule has 7 nitrogen and oxygen atoms in total. The summed E-state index contributed by atoms with van der Waals surface area (Å²) in [5.74, 6) is 1.57. The minimum Gasteiger partial charge on any atom is -0.490 e. The molecule has 4 rings (SSSR count). The third-order valence-corrected chi connectivity index (χ3v) is 8.53. The van der Waals surface area contributed by atoms with Crippen molar-refractivity contribution in [2.24, 2.45) is 0 Å². The molecule has 0 spiro atoms. The van der Waals surface area contributed by atoms with E-state index in [1.54, 1.807) is 0 Å². The lowest BCUT2D eigenvalue weighted by Crippen LogP contribution is -2.46. The van der Waals surface area contributed by atoms with Gasteiger partial charge in [0.1, 0.15) is 90.3 Å². The van der Waals surface area contributed by atoms with Crippen molar-refractivity contribution in [1.82, 2.24) is 15.5 Å². The number of hydrogen-bond acceptors (Lipinski definition) is 7. The highest BCUT2D eigenvalue weighted by atomic mass is 16.5. The number of nitriles is 1. The molecule has 0 amide bonds. The van der Waals surface area contributed by atoms with Crippen molar-refractivity contribution >= 4 is 111 Å². The van der Waals surface area contributed by atoms with E-state index in [4.69, 9.17) is 14.2 Å². The molecule has 1 atom stereocenters. The van der Waals surface area contributed by atoms with Crippen LogP contribution in [-0.4, -0.2) is 112 Å². The summed E-state index contributed by atoms with van der Waals surface area (Å²) in [7, 11) is 20.5. The van der Waals surface area contributed by atoms with Gasteiger partial charge in [-0.2, -0.15) is 10.2 Å². The molecule has 0 unspecified atom stereocenters. The van der Waals surface area contributed by atoms with Crippen LogP contribution in [-0.2, 0) is 5.21 Å². The number of aromatic nitrogens is 2. The van der Waals surface area contributed by atoms with Crippen molar-refractivity contribution in [2.45, 2.75) is 43.0 Å². The molecule has 0 saturated carbocycles. The lowest BCUT2D eigenvalue weighted by molar-refractivity contribution is 0.203. The number of nitrogens with zero attached hydrogens (tertiary/aromatic N) is 3. The largest absolute Gasteiger partial charge is 0.490 e. The van der Waals surface area contributed by atoms with Crippen LogP contribution in [0.15, 0.2) is 4.52 Å². The molecule has 0 radical (unpaired) electrons. The predicted molar refractivity (Wildman–Crippen MR) is 191 cm³/mol. The number of ether oxygens (including phenoxy) is 1. The maximum atomic E-state index is 10.4. The summed E-state index contributed by atoms with van der Waals surface area (Å²) >= 11 is 0. The molecule has 1 heterocycles. The molecule has 1 aliphatic rings. The fourth-order valence-corrected chi connectivity index (χ4v) is 6.25. The highest BCUT2D eigenvalue weighted by Gasteiger charge is 2.42. The lowest BCUT2D eigenvalue weighted by Gasteiger charge is -2.26. The highest BCUT2D eigenvalue weighted by molar-refractivity contribution is 6.60. The summed E-state index contributed by atoms with van der Waals surface area (Å²) in [6.07, 6.45) is 0.852. The van der Waals surface area contributed by atoms with Crippen LogP contribution in [0.3, 0.4) is 0 Å². The number of rotatable bonds is 7. The number of aliphatic hydroxyl groups is 1. The van der Waals surface area contributed by atoms with Gasteiger partial charge in [-0.1, -0.05) is 37.7 Å². The monoisotopic (exact) mass is 524 g/mol. The first kappa shape index (κ1) is 30.4. The molecule has 2 aromatic carbocycles. The fraction of sp³-hybridized carbons (Fsp3) is 0.348. The second-order valence-corrected chi connectivity index (χ2v) is 13.0. The van der Waals surface area contributed by atoms with Crippen molar-refractivity contribution in [2.75, 3.05) is 6.54 Å². The van der Waals surface area contributed by atoms with Crippen molar-refractivity contribution in [3.8, 4) is 34.7 Å². The van der Waals surface area contributed by atoms with Gasteiger partial charge in [0, 0.05) is 29.1 Å². The van der Waals surface area contributed by atoms with Crippen molar-refractivity contribution in [1.29, 1.82) is 5.26 Å². The smallest absolute Gasteiger partial charge is 0.257 e. The summed E-state index contributed by atoms with van der Waals surface area (Å²) in [6.45, 7) is 4.41. The van der Waals surface area contributed by atoms with E-state index < -0.39 is 5.40 Å². The van der Waals surface area contributed by atoms with E-state index in [1.807, 2.05) is 53.1 Å². The topological polar surface area (TPSA) is 104 Å². The molecule has 3 aromatic rings. The zero-order valence-corrected chi connectivity index (χ0v) is 26.2. The molecule has 1 aliphatic carbocycles. The van der Waals surface area contributed by atoms with Crippen LogP contribution in [0.4, 0.5) is 0 Å². The van der Waals surface area contributed by atoms with E-state index in [1.165, 1.54) is 22.1 Å². The van der Waals surface area contributed by atoms with Crippen LogP contribution in [0.1, 0.15) is 43.0 Å². The van der Waals surface area contributed by atoms with Crippen LogP contribution in [0.25, 0.3) is 22.8 Å². The van der Waals surface area contributed by atoms with E-state index in [9.17, 15) is 10.4 Å². The minimum absolute atomic E-state index is 0.0505. The molecule has 2 N–H and O–H groups in total. The van der Waals surface area contributed by atoms with Gasteiger partial charge in [0.25, 0.3) is 5.89 Å². The van der Waals surface area contributed by atoms with Gasteiger partial charge in [0.2, 0.25) is 5.82 Å². The summed E-state index contributed by atoms with van der Waals surface area (Å²) in [6, 6.07) is 2.45. The van der Waals surface area contributed by atoms with E-state index >= 15 is 0 Å². The van der Waals surface area contributed by atoms with Crippen molar-refractivity contribution < 1.29 is 14.4 Å². The van der Waals surface area contributed by atoms with Gasteiger partial charge in [0.05, 0.1) is 11.7 Å². The number of fused-ring (bicyclic) bond motifs is 1. The molecule has 1 aromatic heterocycles. The highest BCUT2D eigenvalue weighted by Crippen LogP contribution is 2.44. The quantitative estimate of drug-likeness (QED) is 0.297. The predicted octanol–water partition coefficient (Wildman–Crippen LogP) is -11.0. The first-order valence-electron chi connectivity index (χ1n) is 14.1. The van der Waals surface area contributed by atoms with Crippen LogP contribution < -0.4 is 42.8 Å². The average Bonchev–Trinajstić information content (AvgIpc) is 3.42. The number of hydrogen-bond donors (Lipinski definition) is 2. The fourth-order valence-electron chi connectivity index (χ4n) is 6.25. The molecular weight excluding hydrogens is 488 g/mol. The van der Waals surface area contributed by atoms with Crippen molar-refractivity contribution in [3.63, 3.8) is 0 Å². The van der Waals surface area contributed by atoms with Gasteiger partial charge in [-0.3, -0.25) is 0 Å². The Labute approximate surface area is 246 Å². The van der Waals surface area contributed by atoms with Gasteiger partial charge < -0.3 is 19.7 Å². The summed E-state index contributed by atoms with van der Waals surface area (Å²) in [5.41, 5.74) is 11.0. The molecule has 0 saturated heterocycles. The summed E-state index contributed by atoms with van der Waals surface area (Å²) in [5, 5.41) is 27.6. The van der Waals surface area contributed by atoms with Gasteiger partial charge >= 0.3 is 0 Å². The third kappa shape index (κ3) is 5.25. The first-order valence-corrected chi connectivity index (χ1v) is 14.1. The van der Waals surface area contributed by atoms with Crippen molar-refractivity contribution in [3.05, 3.63) is 16.7 Å². The molecule has 0 fully saturated rings. The number of benzene rings is 2. The van der Waals surface area contributed by atoms with Crippen LogP contribution >= 0.6 is 0 Å². The maximum Gasteiger partial charge on any atom is 0.257 e. The van der Waals surface area contributed by atoms with Crippen LogP contribution in [0.5, 0.6) is 5.75 Å². The second kappa shape index (κ2) is 10.7. The molecule has 40 heavy (non-hydrogen) atoms. The Hall–Kier alpha value is -2.56. The second-order valence-electron chi connectivity index (χ2n) is 13.0. The van der Waals surface area contributed by atoms with E-state index in [2.05, 4.69) is 55.8 Å². The van der Waals surface area contributed by atoms with E-state index in [-0.39, 0.29) is 17.4 Å². The van der Waals surface area contributed by atoms with Gasteiger partial charge in [-0.05, 0) is 31.4 Å². The van der Waals surface area contributed by atoms with E-state index in [0.29, 0.717) is 29.6 Å². The Morgan fingerprint density at radius 1 is 1.05 bits per heavy atom. The average molecular weight is 523 g/mol. The third-order valence-electron chi connectivity index (χ3n) is 8.53. The normalized spacial score (nSPS) is 16.1. The molecule has 194 valence electrons. The van der Waals surface area contributed by atoms with Gasteiger partial charge in [-0.25, -0.2) is 0 Å².